The van der Waals surface area contributed by atoms with Gasteiger partial charge in [-0.2, -0.15) is 12.6 Å². The molecule has 0 atom stereocenters. The largest absolute Gasteiger partial charge is 0.477 e. The average Bonchev–Trinajstić information content (AvgIpc) is 3.13. The van der Waals surface area contributed by atoms with Gasteiger partial charge in [-0.1, -0.05) is 96.6 Å². The number of hydrogen-bond donors (Lipinski definition) is 4. The van der Waals surface area contributed by atoms with Crippen molar-refractivity contribution in [2.24, 2.45) is 0 Å². The van der Waals surface area contributed by atoms with E-state index >= 15 is 0 Å². The summed E-state index contributed by atoms with van der Waals surface area (Å²) in [6.45, 7) is 8.70. The third-order valence-corrected chi connectivity index (χ3v) is 13.0. The first-order valence-electron chi connectivity index (χ1n) is 16.9. The molecule has 3 aromatic rings. The summed E-state index contributed by atoms with van der Waals surface area (Å²) in [5.41, 5.74) is -2.67. The number of carboxylic acid groups (broad SMARTS) is 3. The second-order valence-corrected chi connectivity index (χ2v) is 17.1. The van der Waals surface area contributed by atoms with Gasteiger partial charge in [-0.25, -0.2) is 14.4 Å². The van der Waals surface area contributed by atoms with E-state index < -0.39 is 55.2 Å². The summed E-state index contributed by atoms with van der Waals surface area (Å²) in [6.07, 6.45) is 9.54. The van der Waals surface area contributed by atoms with Crippen molar-refractivity contribution >= 4 is 90.8 Å². The molecule has 0 unspecified atom stereocenters. The fraction of sp³-hybridized carbons (Fsp3) is 0.400. The van der Waals surface area contributed by atoms with E-state index in [-0.39, 0.29) is 11.3 Å². The molecule has 0 radical (unpaired) electrons. The summed E-state index contributed by atoms with van der Waals surface area (Å²) < 4.78 is 0. The lowest BCUT2D eigenvalue weighted by molar-refractivity contribution is -0.385. The Hall–Kier alpha value is -3.98. The highest BCUT2D eigenvalue weighted by Gasteiger charge is 2.23. The van der Waals surface area contributed by atoms with E-state index in [4.69, 9.17) is 15.3 Å². The number of carbonyl (C=O) groups is 3. The van der Waals surface area contributed by atoms with E-state index in [0.717, 1.165) is 76.4 Å². The zero-order valence-corrected chi connectivity index (χ0v) is 34.6. The van der Waals surface area contributed by atoms with E-state index in [9.17, 15) is 44.7 Å². The van der Waals surface area contributed by atoms with Crippen LogP contribution in [0.25, 0.3) is 0 Å². The summed E-state index contributed by atoms with van der Waals surface area (Å²) in [4.78, 5) is 65.0. The van der Waals surface area contributed by atoms with Crippen molar-refractivity contribution < 1.29 is 44.5 Å². The maximum absolute atomic E-state index is 11.1. The summed E-state index contributed by atoms with van der Waals surface area (Å²) in [5.74, 6) is -4.17. The Kier molecular flexibility index (Phi) is 23.2. The molecule has 0 saturated carbocycles. The van der Waals surface area contributed by atoms with Gasteiger partial charge < -0.3 is 15.3 Å². The number of benzene rings is 3. The van der Waals surface area contributed by atoms with Crippen LogP contribution in [0.4, 0.5) is 17.1 Å². The van der Waals surface area contributed by atoms with Gasteiger partial charge in [0.25, 0.3) is 17.1 Å². The minimum absolute atomic E-state index is 0.256. The zero-order valence-electron chi connectivity index (χ0n) is 30.4. The number of thiol groups is 1. The zero-order chi connectivity index (χ0) is 41.7. The summed E-state index contributed by atoms with van der Waals surface area (Å²) in [7, 11) is 5.26. The first-order valence-corrected chi connectivity index (χ1v) is 21.8. The van der Waals surface area contributed by atoms with Gasteiger partial charge in [0.15, 0.2) is 0 Å². The minimum Gasteiger partial charge on any atom is -0.477 e. The fourth-order valence-corrected chi connectivity index (χ4v) is 9.93. The number of nitrogens with zero attached hydrogens (tertiary/aromatic N) is 3. The predicted molar refractivity (Wildman–Crippen MR) is 222 cm³/mol. The second kappa shape index (κ2) is 26.0. The molecule has 3 rings (SSSR count). The highest BCUT2D eigenvalue weighted by Crippen LogP contribution is 2.41. The van der Waals surface area contributed by atoms with Gasteiger partial charge in [-0.3, -0.25) is 30.3 Å². The van der Waals surface area contributed by atoms with Gasteiger partial charge in [0.05, 0.1) is 14.8 Å². The monoisotopic (exact) mass is 857 g/mol. The minimum atomic E-state index is -1.45. The van der Waals surface area contributed by atoms with Crippen LogP contribution in [0.2, 0.25) is 0 Å². The second-order valence-electron chi connectivity index (χ2n) is 11.5. The Bertz CT molecular complexity index is 1710. The number of nitro benzene ring substituents is 3. The molecule has 0 aromatic heterocycles. The van der Waals surface area contributed by atoms with Gasteiger partial charge in [-0.05, 0) is 62.1 Å². The standard InChI is InChI=1S/C14H8N2O8S2.C14H19NO4S2.C7H16S/c17-13(18)9-5-7(1-3-11(9)15(21)22)25-26-8-2-4-12(16(23)24)10(6-8)14(19)20;1-3-5-10(6-4-2)20-21-11-7-8-13(15(18)19)12(9-11)14(16)17;1-3-5-7(8)6-4-2/h1-6H,(H,17,18)(H,19,20);7-10H,3-6H2,1-2H3,(H,16,17);7-8H,3-6H2,1-2H3. The quantitative estimate of drug-likeness (QED) is 0.0357. The lowest BCUT2D eigenvalue weighted by Gasteiger charge is -2.13. The van der Waals surface area contributed by atoms with E-state index in [1.54, 1.807) is 16.9 Å². The van der Waals surface area contributed by atoms with Crippen LogP contribution in [0.15, 0.2) is 69.3 Å². The Morgan fingerprint density at radius 2 is 0.855 bits per heavy atom. The van der Waals surface area contributed by atoms with Gasteiger partial charge >= 0.3 is 17.9 Å². The Morgan fingerprint density at radius 1 is 0.564 bits per heavy atom. The van der Waals surface area contributed by atoms with Gasteiger partial charge in [0.1, 0.15) is 16.7 Å². The van der Waals surface area contributed by atoms with Crippen LogP contribution in [0.5, 0.6) is 0 Å². The van der Waals surface area contributed by atoms with E-state index in [0.29, 0.717) is 20.3 Å². The van der Waals surface area contributed by atoms with Crippen molar-refractivity contribution in [2.45, 2.75) is 104 Å². The Balaban J connectivity index is 0.000000467. The molecule has 0 spiro atoms. The number of rotatable bonds is 20. The molecule has 300 valence electrons. The molecule has 0 saturated heterocycles. The lowest BCUT2D eigenvalue weighted by Crippen LogP contribution is -2.03. The lowest BCUT2D eigenvalue weighted by atomic mass is 10.2. The third kappa shape index (κ3) is 17.6. The number of aromatic carboxylic acids is 3. The molecular formula is C35H43N3O12S5. The number of hydrogen-bond acceptors (Lipinski definition) is 14. The van der Waals surface area contributed by atoms with Crippen LogP contribution in [0.1, 0.15) is 110 Å². The van der Waals surface area contributed by atoms with E-state index in [1.165, 1.54) is 60.7 Å². The highest BCUT2D eigenvalue weighted by molar-refractivity contribution is 8.77. The number of carboxylic acids is 3. The summed E-state index contributed by atoms with van der Waals surface area (Å²) in [5, 5.41) is 60.8. The molecule has 0 aliphatic carbocycles. The van der Waals surface area contributed by atoms with E-state index in [2.05, 4.69) is 40.3 Å². The molecule has 3 N–H and O–H groups in total. The van der Waals surface area contributed by atoms with Crippen LogP contribution < -0.4 is 0 Å². The topological polar surface area (TPSA) is 241 Å². The van der Waals surface area contributed by atoms with Crippen LogP contribution in [0, 0.1) is 30.3 Å². The molecule has 0 bridgehead atoms. The molecule has 20 heteroatoms. The first-order chi connectivity index (χ1) is 26.0. The number of nitro groups is 3. The molecule has 3 aromatic carbocycles. The van der Waals surface area contributed by atoms with Crippen LogP contribution >= 0.6 is 55.8 Å². The van der Waals surface area contributed by atoms with Crippen molar-refractivity contribution in [3.63, 3.8) is 0 Å². The van der Waals surface area contributed by atoms with Crippen molar-refractivity contribution in [3.8, 4) is 0 Å². The van der Waals surface area contributed by atoms with Crippen molar-refractivity contribution in [1.29, 1.82) is 0 Å². The van der Waals surface area contributed by atoms with Crippen molar-refractivity contribution in [3.05, 3.63) is 102 Å². The molecule has 0 amide bonds. The maximum Gasteiger partial charge on any atom is 0.342 e. The van der Waals surface area contributed by atoms with Gasteiger partial charge in [0, 0.05) is 43.4 Å². The predicted octanol–water partition coefficient (Wildman–Crippen LogP) is 11.6. The van der Waals surface area contributed by atoms with Crippen molar-refractivity contribution in [2.75, 3.05) is 0 Å². The van der Waals surface area contributed by atoms with Crippen molar-refractivity contribution in [1.82, 2.24) is 0 Å². The average molecular weight is 858 g/mol. The third-order valence-electron chi connectivity index (χ3n) is 7.17. The summed E-state index contributed by atoms with van der Waals surface area (Å²) in [6, 6.07) is 11.3. The fourth-order valence-electron chi connectivity index (χ4n) is 4.61. The summed E-state index contributed by atoms with van der Waals surface area (Å²) >= 11 is 4.39. The normalized spacial score (nSPS) is 10.5. The Morgan fingerprint density at radius 3 is 1.11 bits per heavy atom. The molecule has 0 heterocycles. The van der Waals surface area contributed by atoms with Crippen LogP contribution in [-0.2, 0) is 0 Å². The Labute approximate surface area is 339 Å². The molecule has 55 heavy (non-hydrogen) atoms. The smallest absolute Gasteiger partial charge is 0.342 e. The van der Waals surface area contributed by atoms with Gasteiger partial charge in [-0.15, -0.1) is 0 Å². The van der Waals surface area contributed by atoms with E-state index in [1.807, 2.05) is 0 Å². The van der Waals surface area contributed by atoms with Crippen LogP contribution in [-0.4, -0.2) is 58.5 Å². The SMILES string of the molecule is CCCC(CCC)SSc1ccc([N+](=O)[O-])c(C(=O)O)c1.CCCC(S)CCC.O=C(O)c1cc(SSc2ccc([N+](=O)[O-])c(C(=O)O)c2)ccc1[N+](=O)[O-]. The molecule has 0 aliphatic heterocycles. The molecule has 0 aliphatic rings. The highest BCUT2D eigenvalue weighted by atomic mass is 33.1. The van der Waals surface area contributed by atoms with Crippen LogP contribution in [0.3, 0.4) is 0 Å². The first kappa shape index (κ1) is 49.0. The molecular weight excluding hydrogens is 815 g/mol. The maximum atomic E-state index is 11.1. The molecule has 0 fully saturated rings. The molecule has 15 nitrogen and oxygen atoms in total. The van der Waals surface area contributed by atoms with Gasteiger partial charge in [0.2, 0.25) is 0 Å².